The largest absolute Gasteiger partial charge is 0.464 e. The van der Waals surface area contributed by atoms with Gasteiger partial charge in [-0.3, -0.25) is 9.78 Å². The van der Waals surface area contributed by atoms with Gasteiger partial charge in [0.1, 0.15) is 10.5 Å². The molecule has 0 spiro atoms. The molecule has 1 fully saturated rings. The summed E-state index contributed by atoms with van der Waals surface area (Å²) in [7, 11) is -0.492. The van der Waals surface area contributed by atoms with E-state index in [0.29, 0.717) is 17.5 Å². The number of rotatable bonds is 4. The van der Waals surface area contributed by atoms with E-state index < -0.39 is 18.3 Å². The van der Waals surface area contributed by atoms with Gasteiger partial charge in [0.2, 0.25) is 0 Å². The van der Waals surface area contributed by atoms with Crippen LogP contribution >= 0.6 is 11.3 Å². The zero-order valence-electron chi connectivity index (χ0n) is 18.7. The molecule has 5 rings (SSSR count). The Hall–Kier alpha value is -2.69. The van der Waals surface area contributed by atoms with E-state index in [4.69, 9.17) is 14.3 Å². The van der Waals surface area contributed by atoms with Gasteiger partial charge in [-0.1, -0.05) is 6.07 Å². The van der Waals surface area contributed by atoms with Crippen LogP contribution in [0.4, 0.5) is 0 Å². The Morgan fingerprint density at radius 2 is 1.75 bits per heavy atom. The Labute approximate surface area is 189 Å². The molecule has 0 atom stereocenters. The summed E-state index contributed by atoms with van der Waals surface area (Å²) in [5, 5.41) is 5.46. The van der Waals surface area contributed by atoms with Crippen LogP contribution in [0.5, 0.6) is 0 Å². The van der Waals surface area contributed by atoms with E-state index >= 15 is 0 Å². The van der Waals surface area contributed by atoms with E-state index in [1.165, 1.54) is 10.9 Å². The van der Waals surface area contributed by atoms with E-state index in [-0.39, 0.29) is 17.6 Å². The minimum Gasteiger partial charge on any atom is -0.403 e. The quantitative estimate of drug-likeness (QED) is 0.442. The van der Waals surface area contributed by atoms with Crippen LogP contribution in [0.15, 0.2) is 35.4 Å². The minimum absolute atomic E-state index is 0.264. The van der Waals surface area contributed by atoms with Gasteiger partial charge < -0.3 is 9.31 Å². The van der Waals surface area contributed by atoms with Crippen molar-refractivity contribution in [3.8, 4) is 0 Å². The first-order chi connectivity index (χ1) is 15.1. The molecule has 3 aromatic heterocycles. The lowest BCUT2D eigenvalue weighted by molar-refractivity contribution is 0.00578. The van der Waals surface area contributed by atoms with Crippen LogP contribution in [0, 0.1) is 6.92 Å². The van der Waals surface area contributed by atoms with Crippen LogP contribution in [0.1, 0.15) is 44.0 Å². The Morgan fingerprint density at radius 1 is 1.06 bits per heavy atom. The van der Waals surface area contributed by atoms with Gasteiger partial charge >= 0.3 is 7.12 Å². The van der Waals surface area contributed by atoms with Crippen LogP contribution < -0.4 is 5.56 Å². The van der Waals surface area contributed by atoms with Gasteiger partial charge in [0, 0.05) is 18.7 Å². The molecule has 4 aromatic rings. The topological polar surface area (TPSA) is 92.0 Å². The van der Waals surface area contributed by atoms with Gasteiger partial charge in [0.05, 0.1) is 33.7 Å². The fraction of sp³-hybridized carbons (Fsp3) is 0.409. The SMILES string of the molecule is Cc1ccc2sc(Cn3nc(CB4OC(C)(C)C(C)(C)O4)c4nccnc4c3=O)nc2c1. The number of hydrogen-bond acceptors (Lipinski definition) is 8. The molecule has 1 aromatic carbocycles. The molecular weight excluding hydrogens is 425 g/mol. The zero-order chi connectivity index (χ0) is 22.7. The molecule has 10 heteroatoms. The molecule has 0 aliphatic carbocycles. The Morgan fingerprint density at radius 3 is 2.47 bits per heavy atom. The first-order valence-corrected chi connectivity index (χ1v) is 11.4. The maximum absolute atomic E-state index is 13.1. The number of thiazole rings is 1. The monoisotopic (exact) mass is 449 g/mol. The average molecular weight is 449 g/mol. The summed E-state index contributed by atoms with van der Waals surface area (Å²) in [6, 6.07) is 6.15. The molecule has 0 amide bonds. The molecule has 164 valence electrons. The summed E-state index contributed by atoms with van der Waals surface area (Å²) < 4.78 is 14.8. The third-order valence-electron chi connectivity index (χ3n) is 6.18. The summed E-state index contributed by atoms with van der Waals surface area (Å²) in [4.78, 5) is 26.5. The standard InChI is InChI=1S/C22H24BN5O3S/c1-13-6-7-16-14(10-13)26-17(32-16)12-28-20(29)19-18(24-8-9-25-19)15(27-28)11-23-30-21(2,3)22(4,5)31-23/h6-10H,11-12H2,1-5H3. The van der Waals surface area contributed by atoms with Gasteiger partial charge in [-0.15, -0.1) is 11.3 Å². The lowest BCUT2D eigenvalue weighted by atomic mass is 9.82. The molecule has 1 saturated heterocycles. The highest BCUT2D eigenvalue weighted by Gasteiger charge is 2.51. The molecule has 1 aliphatic rings. The predicted molar refractivity (Wildman–Crippen MR) is 125 cm³/mol. The van der Waals surface area contributed by atoms with Crippen LogP contribution in [-0.4, -0.2) is 43.1 Å². The highest BCUT2D eigenvalue weighted by Crippen LogP contribution is 2.37. The number of benzene rings is 1. The highest BCUT2D eigenvalue weighted by atomic mass is 32.1. The molecule has 0 radical (unpaired) electrons. The summed E-state index contributed by atoms with van der Waals surface area (Å²) in [5.74, 6) is 0. The van der Waals surface area contributed by atoms with Gasteiger partial charge in [0.25, 0.3) is 5.56 Å². The van der Waals surface area contributed by atoms with Crippen molar-refractivity contribution >= 4 is 39.7 Å². The smallest absolute Gasteiger partial charge is 0.403 e. The summed E-state index contributed by atoms with van der Waals surface area (Å²) in [5.41, 5.74) is 2.25. The maximum Gasteiger partial charge on any atom is 0.464 e. The maximum atomic E-state index is 13.1. The van der Waals surface area contributed by atoms with E-state index in [9.17, 15) is 4.79 Å². The molecule has 4 heterocycles. The number of aryl methyl sites for hydroxylation is 1. The van der Waals surface area contributed by atoms with Crippen LogP contribution in [-0.2, 0) is 22.2 Å². The molecule has 8 nitrogen and oxygen atoms in total. The first-order valence-electron chi connectivity index (χ1n) is 10.6. The van der Waals surface area contributed by atoms with Crippen molar-refractivity contribution in [2.45, 2.75) is 58.7 Å². The van der Waals surface area contributed by atoms with Crippen molar-refractivity contribution in [1.82, 2.24) is 24.7 Å². The predicted octanol–water partition coefficient (Wildman–Crippen LogP) is 3.33. The van der Waals surface area contributed by atoms with Crippen molar-refractivity contribution in [3.05, 3.63) is 57.2 Å². The third kappa shape index (κ3) is 3.62. The Bertz CT molecular complexity index is 1380. The number of aromatic nitrogens is 5. The van der Waals surface area contributed by atoms with Crippen molar-refractivity contribution in [2.75, 3.05) is 0 Å². The van der Waals surface area contributed by atoms with Crippen molar-refractivity contribution in [3.63, 3.8) is 0 Å². The summed E-state index contributed by atoms with van der Waals surface area (Å²) >= 11 is 1.56. The number of nitrogens with zero attached hydrogens (tertiary/aromatic N) is 5. The van der Waals surface area contributed by atoms with E-state index in [2.05, 4.69) is 27.2 Å². The van der Waals surface area contributed by atoms with Crippen LogP contribution in [0.3, 0.4) is 0 Å². The van der Waals surface area contributed by atoms with Gasteiger partial charge in [-0.25, -0.2) is 14.6 Å². The molecular formula is C22H24BN5O3S. The number of fused-ring (bicyclic) bond motifs is 2. The first kappa shape index (κ1) is 21.2. The van der Waals surface area contributed by atoms with Crippen molar-refractivity contribution in [2.24, 2.45) is 0 Å². The summed E-state index contributed by atoms with van der Waals surface area (Å²) in [6.45, 7) is 10.3. The van der Waals surface area contributed by atoms with Gasteiger partial charge in [-0.2, -0.15) is 5.10 Å². The van der Waals surface area contributed by atoms with E-state index in [1.54, 1.807) is 17.5 Å². The molecule has 0 bridgehead atoms. The molecule has 1 aliphatic heterocycles. The van der Waals surface area contributed by atoms with Gasteiger partial charge in [0.15, 0.2) is 5.52 Å². The third-order valence-corrected chi connectivity index (χ3v) is 7.21. The minimum atomic E-state index is -0.492. The molecule has 0 unspecified atom stereocenters. The van der Waals surface area contributed by atoms with Crippen molar-refractivity contribution < 1.29 is 9.31 Å². The lowest BCUT2D eigenvalue weighted by Gasteiger charge is -2.32. The van der Waals surface area contributed by atoms with Crippen LogP contribution in [0.2, 0.25) is 0 Å². The second-order valence-electron chi connectivity index (χ2n) is 9.13. The second-order valence-corrected chi connectivity index (χ2v) is 10.2. The molecule has 0 saturated carbocycles. The van der Waals surface area contributed by atoms with E-state index in [0.717, 1.165) is 20.8 Å². The number of hydrogen-bond donors (Lipinski definition) is 0. The summed E-state index contributed by atoms with van der Waals surface area (Å²) in [6.07, 6.45) is 3.45. The Balaban J connectivity index is 1.53. The fourth-order valence-corrected chi connectivity index (χ4v) is 4.73. The molecule has 32 heavy (non-hydrogen) atoms. The average Bonchev–Trinajstić information content (AvgIpc) is 3.20. The van der Waals surface area contributed by atoms with Crippen molar-refractivity contribution in [1.29, 1.82) is 0 Å². The Kier molecular flexibility index (Phi) is 4.92. The second kappa shape index (κ2) is 7.43. The lowest BCUT2D eigenvalue weighted by Crippen LogP contribution is -2.41. The van der Waals surface area contributed by atoms with E-state index in [1.807, 2.05) is 40.7 Å². The highest BCUT2D eigenvalue weighted by molar-refractivity contribution is 7.18. The fourth-order valence-electron chi connectivity index (χ4n) is 3.80. The zero-order valence-corrected chi connectivity index (χ0v) is 19.6. The van der Waals surface area contributed by atoms with Crippen LogP contribution in [0.25, 0.3) is 21.3 Å². The normalized spacial score (nSPS) is 17.5. The molecule has 0 N–H and O–H groups in total. The van der Waals surface area contributed by atoms with Gasteiger partial charge in [-0.05, 0) is 52.3 Å².